The van der Waals surface area contributed by atoms with E-state index in [-0.39, 0.29) is 6.42 Å². The molecule has 7 heteroatoms. The van der Waals surface area contributed by atoms with Gasteiger partial charge < -0.3 is 19.9 Å². The van der Waals surface area contributed by atoms with Crippen LogP contribution in [0.5, 0.6) is 11.5 Å². The maximum atomic E-state index is 12.6. The highest BCUT2D eigenvalue weighted by atomic mass is 35.5. The number of halogens is 1. The van der Waals surface area contributed by atoms with E-state index >= 15 is 0 Å². The van der Waals surface area contributed by atoms with E-state index in [1.54, 1.807) is 42.5 Å². The topological polar surface area (TPSA) is 84.9 Å². The summed E-state index contributed by atoms with van der Waals surface area (Å²) in [4.78, 5) is 24.6. The van der Waals surface area contributed by atoms with E-state index in [0.717, 1.165) is 11.1 Å². The molecule has 0 unspecified atom stereocenters. The number of carbonyl (C=O) groups is 2. The number of carboxylic acids is 1. The lowest BCUT2D eigenvalue weighted by Crippen LogP contribution is -2.42. The number of carbonyl (C=O) groups excluding carboxylic acids is 1. The monoisotopic (exact) mass is 515 g/mol. The number of benzene rings is 4. The van der Waals surface area contributed by atoms with Crippen LogP contribution in [-0.4, -0.2) is 23.0 Å². The minimum atomic E-state index is -1.14. The van der Waals surface area contributed by atoms with Gasteiger partial charge in [-0.25, -0.2) is 4.79 Å². The molecule has 0 saturated carbocycles. The third-order valence-corrected chi connectivity index (χ3v) is 5.88. The summed E-state index contributed by atoms with van der Waals surface area (Å²) < 4.78 is 12.1. The Labute approximate surface area is 220 Å². The molecule has 2 N–H and O–H groups in total. The molecule has 0 aromatic heterocycles. The van der Waals surface area contributed by atoms with E-state index < -0.39 is 17.9 Å². The van der Waals surface area contributed by atoms with Crippen molar-refractivity contribution in [1.82, 2.24) is 5.32 Å². The quantitative estimate of drug-likeness (QED) is 0.259. The van der Waals surface area contributed by atoms with Gasteiger partial charge in [0.05, 0.1) is 0 Å². The van der Waals surface area contributed by atoms with Crippen LogP contribution >= 0.6 is 11.6 Å². The average Bonchev–Trinajstić information content (AvgIpc) is 2.92. The smallest absolute Gasteiger partial charge is 0.326 e. The number of nitrogens with one attached hydrogen (secondary N) is 1. The lowest BCUT2D eigenvalue weighted by atomic mass is 10.0. The fourth-order valence-electron chi connectivity index (χ4n) is 3.66. The van der Waals surface area contributed by atoms with E-state index in [2.05, 4.69) is 5.32 Å². The molecule has 1 amide bonds. The molecule has 0 fully saturated rings. The Hall–Kier alpha value is -4.29. The minimum absolute atomic E-state index is 0.0648. The summed E-state index contributed by atoms with van der Waals surface area (Å²) >= 11 is 5.88. The minimum Gasteiger partial charge on any atom is -0.485 e. The zero-order chi connectivity index (χ0) is 26.0. The second kappa shape index (κ2) is 12.6. The van der Waals surface area contributed by atoms with Gasteiger partial charge in [0.1, 0.15) is 19.3 Å². The fraction of sp³-hybridized carbons (Fsp3) is 0.133. The number of hydrogen-bond donors (Lipinski definition) is 2. The van der Waals surface area contributed by atoms with E-state index in [1.807, 2.05) is 60.7 Å². The Kier molecular flexibility index (Phi) is 8.79. The van der Waals surface area contributed by atoms with Crippen molar-refractivity contribution in [2.45, 2.75) is 25.7 Å². The number of carboxylic acid groups (broad SMARTS) is 1. The third-order valence-electron chi connectivity index (χ3n) is 5.63. The summed E-state index contributed by atoms with van der Waals surface area (Å²) in [5.74, 6) is -0.600. The van der Waals surface area contributed by atoms with Gasteiger partial charge in [-0.15, -0.1) is 0 Å². The molecule has 4 aromatic rings. The molecular formula is C30H26ClNO5. The largest absolute Gasteiger partial charge is 0.485 e. The van der Waals surface area contributed by atoms with Gasteiger partial charge in [-0.2, -0.15) is 0 Å². The van der Waals surface area contributed by atoms with Crippen molar-refractivity contribution in [2.75, 3.05) is 0 Å². The van der Waals surface area contributed by atoms with Gasteiger partial charge in [0.25, 0.3) is 5.91 Å². The Morgan fingerprint density at radius 2 is 1.30 bits per heavy atom. The highest BCUT2D eigenvalue weighted by Gasteiger charge is 2.22. The molecule has 0 aliphatic carbocycles. The van der Waals surface area contributed by atoms with Gasteiger partial charge in [0.2, 0.25) is 0 Å². The van der Waals surface area contributed by atoms with Crippen molar-refractivity contribution in [2.24, 2.45) is 0 Å². The van der Waals surface area contributed by atoms with Gasteiger partial charge in [0, 0.05) is 17.0 Å². The lowest BCUT2D eigenvalue weighted by molar-refractivity contribution is -0.139. The van der Waals surface area contributed by atoms with Crippen molar-refractivity contribution in [3.8, 4) is 11.5 Å². The van der Waals surface area contributed by atoms with Crippen LogP contribution in [0.3, 0.4) is 0 Å². The molecule has 0 radical (unpaired) electrons. The van der Waals surface area contributed by atoms with E-state index in [1.165, 1.54) is 0 Å². The van der Waals surface area contributed by atoms with Crippen molar-refractivity contribution < 1.29 is 24.2 Å². The summed E-state index contributed by atoms with van der Waals surface area (Å²) in [5, 5.41) is 12.8. The first-order chi connectivity index (χ1) is 18.0. The summed E-state index contributed by atoms with van der Waals surface area (Å²) in [7, 11) is 0. The van der Waals surface area contributed by atoms with Crippen LogP contribution < -0.4 is 14.8 Å². The zero-order valence-corrected chi connectivity index (χ0v) is 20.7. The summed E-state index contributed by atoms with van der Waals surface area (Å²) in [6.07, 6.45) is 0.0648. The summed E-state index contributed by atoms with van der Waals surface area (Å²) in [5.41, 5.74) is 3.00. The average molecular weight is 516 g/mol. The third kappa shape index (κ3) is 7.59. The highest BCUT2D eigenvalue weighted by molar-refractivity contribution is 6.30. The molecule has 0 heterocycles. The molecule has 0 saturated heterocycles. The van der Waals surface area contributed by atoms with Crippen molar-refractivity contribution in [3.63, 3.8) is 0 Å². The molecule has 0 aliphatic rings. The van der Waals surface area contributed by atoms with Gasteiger partial charge in [0.15, 0.2) is 11.5 Å². The predicted molar refractivity (Wildman–Crippen MR) is 142 cm³/mol. The molecule has 1 atom stereocenters. The fourth-order valence-corrected chi connectivity index (χ4v) is 3.79. The van der Waals surface area contributed by atoms with Gasteiger partial charge in [-0.1, -0.05) is 78.3 Å². The van der Waals surface area contributed by atoms with Crippen LogP contribution in [0.1, 0.15) is 27.0 Å². The molecule has 4 rings (SSSR count). The summed E-state index contributed by atoms with van der Waals surface area (Å²) in [6, 6.07) is 29.9. The SMILES string of the molecule is O=C(N[C@@H](Cc1ccc(OCc2ccccc2)c(OCc2ccccc2)c1)C(=O)O)c1ccc(Cl)cc1. The molecule has 37 heavy (non-hydrogen) atoms. The van der Waals surface area contributed by atoms with Gasteiger partial charge in [-0.05, 0) is 53.1 Å². The van der Waals surface area contributed by atoms with Crippen LogP contribution in [0, 0.1) is 0 Å². The van der Waals surface area contributed by atoms with Gasteiger partial charge >= 0.3 is 5.97 Å². The van der Waals surface area contributed by atoms with Crippen LogP contribution in [0.15, 0.2) is 103 Å². The Bertz CT molecular complexity index is 1330. The normalized spacial score (nSPS) is 11.4. The number of hydrogen-bond acceptors (Lipinski definition) is 4. The Balaban J connectivity index is 1.51. The second-order valence-corrected chi connectivity index (χ2v) is 8.84. The Morgan fingerprint density at radius 1 is 0.730 bits per heavy atom. The molecule has 6 nitrogen and oxygen atoms in total. The molecule has 0 bridgehead atoms. The molecule has 188 valence electrons. The number of amides is 1. The first kappa shape index (κ1) is 25.8. The van der Waals surface area contributed by atoms with Crippen molar-refractivity contribution >= 4 is 23.5 Å². The lowest BCUT2D eigenvalue weighted by Gasteiger charge is -2.17. The number of aliphatic carboxylic acids is 1. The first-order valence-electron chi connectivity index (χ1n) is 11.7. The standard InChI is InChI=1S/C30H26ClNO5/c31-25-14-12-24(13-15-25)29(33)32-26(30(34)35)17-23-11-16-27(36-19-21-7-3-1-4-8-21)28(18-23)37-20-22-9-5-2-6-10-22/h1-16,18,26H,17,19-20H2,(H,32,33)(H,34,35)/t26-/m0/s1. The van der Waals surface area contributed by atoms with E-state index in [4.69, 9.17) is 21.1 Å². The Morgan fingerprint density at radius 3 is 1.86 bits per heavy atom. The molecule has 4 aromatic carbocycles. The van der Waals surface area contributed by atoms with Gasteiger partial charge in [-0.3, -0.25) is 4.79 Å². The maximum absolute atomic E-state index is 12.6. The van der Waals surface area contributed by atoms with E-state index in [0.29, 0.717) is 40.9 Å². The zero-order valence-electron chi connectivity index (χ0n) is 20.0. The van der Waals surface area contributed by atoms with Crippen LogP contribution in [-0.2, 0) is 24.4 Å². The molecule has 0 spiro atoms. The van der Waals surface area contributed by atoms with E-state index in [9.17, 15) is 14.7 Å². The molecular weight excluding hydrogens is 490 g/mol. The van der Waals surface area contributed by atoms with Crippen LogP contribution in [0.4, 0.5) is 0 Å². The van der Waals surface area contributed by atoms with Crippen molar-refractivity contribution in [1.29, 1.82) is 0 Å². The highest BCUT2D eigenvalue weighted by Crippen LogP contribution is 2.30. The van der Waals surface area contributed by atoms with Crippen LogP contribution in [0.25, 0.3) is 0 Å². The number of ether oxygens (including phenoxy) is 2. The number of rotatable bonds is 11. The predicted octanol–water partition coefficient (Wildman–Crippen LogP) is 5.92. The maximum Gasteiger partial charge on any atom is 0.326 e. The second-order valence-electron chi connectivity index (χ2n) is 8.40. The van der Waals surface area contributed by atoms with Crippen molar-refractivity contribution in [3.05, 3.63) is 130 Å². The van der Waals surface area contributed by atoms with Crippen LogP contribution in [0.2, 0.25) is 5.02 Å². The summed E-state index contributed by atoms with van der Waals surface area (Å²) in [6.45, 7) is 0.679. The first-order valence-corrected chi connectivity index (χ1v) is 12.1. The molecule has 0 aliphatic heterocycles.